The lowest BCUT2D eigenvalue weighted by molar-refractivity contribution is 0.0929. The lowest BCUT2D eigenvalue weighted by Crippen LogP contribution is -2.25. The molecule has 5 heteroatoms. The van der Waals surface area contributed by atoms with E-state index >= 15 is 0 Å². The highest BCUT2D eigenvalue weighted by Gasteiger charge is 2.25. The number of hydrogen-bond donors (Lipinski definition) is 2. The number of furan rings is 1. The van der Waals surface area contributed by atoms with Crippen LogP contribution in [0.5, 0.6) is 0 Å². The number of nitrogens with one attached hydrogen (secondary N) is 2. The maximum absolute atomic E-state index is 12.4. The summed E-state index contributed by atoms with van der Waals surface area (Å²) in [5.74, 6) is -0.0445. The van der Waals surface area contributed by atoms with Crippen molar-refractivity contribution < 1.29 is 14.0 Å². The van der Waals surface area contributed by atoms with Crippen LogP contribution in [0.2, 0.25) is 0 Å². The molecule has 122 valence electrons. The van der Waals surface area contributed by atoms with Crippen molar-refractivity contribution in [1.82, 2.24) is 10.6 Å². The van der Waals surface area contributed by atoms with Crippen molar-refractivity contribution in [3.8, 4) is 0 Å². The second-order valence-corrected chi connectivity index (χ2v) is 5.36. The van der Waals surface area contributed by atoms with Gasteiger partial charge in [0.2, 0.25) is 0 Å². The Labute approximate surface area is 136 Å². The highest BCUT2D eigenvalue weighted by molar-refractivity contribution is 5.99. The Hall–Kier alpha value is -2.56. The molecule has 0 fully saturated rings. The molecule has 2 aromatic rings. The molecular weight excluding hydrogens is 292 g/mol. The Bertz CT molecular complexity index is 677. The van der Waals surface area contributed by atoms with Crippen LogP contribution < -0.4 is 10.6 Å². The topological polar surface area (TPSA) is 71.3 Å². The highest BCUT2D eigenvalue weighted by atomic mass is 16.4. The lowest BCUT2D eigenvalue weighted by Gasteiger charge is -2.11. The molecule has 1 unspecified atom stereocenters. The molecule has 1 aromatic heterocycles. The third-order valence-corrected chi connectivity index (χ3v) is 3.68. The summed E-state index contributed by atoms with van der Waals surface area (Å²) in [5, 5.41) is 5.35. The van der Waals surface area contributed by atoms with Crippen molar-refractivity contribution in [2.75, 3.05) is 13.6 Å². The Morgan fingerprint density at radius 2 is 1.87 bits per heavy atom. The number of rotatable bonds is 6. The van der Waals surface area contributed by atoms with Crippen molar-refractivity contribution in [2.45, 2.75) is 26.2 Å². The van der Waals surface area contributed by atoms with E-state index in [4.69, 9.17) is 4.42 Å². The maximum Gasteiger partial charge on any atom is 0.286 e. The smallest absolute Gasteiger partial charge is 0.286 e. The summed E-state index contributed by atoms with van der Waals surface area (Å²) in [4.78, 5) is 24.2. The van der Waals surface area contributed by atoms with Gasteiger partial charge in [-0.1, -0.05) is 44.2 Å². The van der Waals surface area contributed by atoms with Crippen LogP contribution in [0.4, 0.5) is 0 Å². The second-order valence-electron chi connectivity index (χ2n) is 5.36. The quantitative estimate of drug-likeness (QED) is 0.861. The van der Waals surface area contributed by atoms with E-state index in [0.717, 1.165) is 12.0 Å². The van der Waals surface area contributed by atoms with Gasteiger partial charge in [0.15, 0.2) is 5.76 Å². The lowest BCUT2D eigenvalue weighted by atomic mass is 9.96. The van der Waals surface area contributed by atoms with Crippen LogP contribution in [-0.2, 0) is 0 Å². The summed E-state index contributed by atoms with van der Waals surface area (Å²) in [6.07, 6.45) is 0.843. The summed E-state index contributed by atoms with van der Waals surface area (Å²) >= 11 is 0. The Morgan fingerprint density at radius 1 is 1.17 bits per heavy atom. The van der Waals surface area contributed by atoms with E-state index in [1.807, 2.05) is 44.2 Å². The second kappa shape index (κ2) is 7.63. The van der Waals surface area contributed by atoms with E-state index in [2.05, 4.69) is 10.6 Å². The Morgan fingerprint density at radius 3 is 2.48 bits per heavy atom. The zero-order valence-electron chi connectivity index (χ0n) is 13.7. The molecule has 0 radical (unpaired) electrons. The molecule has 0 spiro atoms. The first kappa shape index (κ1) is 16.8. The SMILES string of the molecule is CCCNC(=O)c1cc(C(=O)NC)oc1C(C)c1ccccc1. The van der Waals surface area contributed by atoms with Gasteiger partial charge in [-0.05, 0) is 12.0 Å². The fourth-order valence-corrected chi connectivity index (χ4v) is 2.37. The van der Waals surface area contributed by atoms with E-state index < -0.39 is 0 Å². The summed E-state index contributed by atoms with van der Waals surface area (Å²) in [6, 6.07) is 11.3. The summed E-state index contributed by atoms with van der Waals surface area (Å²) in [6.45, 7) is 4.52. The van der Waals surface area contributed by atoms with Gasteiger partial charge in [-0.15, -0.1) is 0 Å². The molecular formula is C18H22N2O3. The number of benzene rings is 1. The molecule has 0 saturated heterocycles. The van der Waals surface area contributed by atoms with Crippen molar-refractivity contribution in [3.63, 3.8) is 0 Å². The predicted molar refractivity (Wildman–Crippen MR) is 88.7 cm³/mol. The highest BCUT2D eigenvalue weighted by Crippen LogP contribution is 2.29. The van der Waals surface area contributed by atoms with Crippen molar-refractivity contribution in [2.24, 2.45) is 0 Å². The molecule has 5 nitrogen and oxygen atoms in total. The first-order valence-electron chi connectivity index (χ1n) is 7.77. The van der Waals surface area contributed by atoms with Crippen molar-refractivity contribution >= 4 is 11.8 Å². The van der Waals surface area contributed by atoms with Gasteiger partial charge in [0.25, 0.3) is 11.8 Å². The molecule has 1 heterocycles. The number of hydrogen-bond acceptors (Lipinski definition) is 3. The molecule has 0 bridgehead atoms. The first-order chi connectivity index (χ1) is 11.1. The van der Waals surface area contributed by atoms with E-state index in [1.54, 1.807) is 0 Å². The van der Waals surface area contributed by atoms with Crippen LogP contribution in [0.3, 0.4) is 0 Å². The summed E-state index contributed by atoms with van der Waals surface area (Å²) in [5.41, 5.74) is 1.43. The average molecular weight is 314 g/mol. The molecule has 2 N–H and O–H groups in total. The van der Waals surface area contributed by atoms with Crippen LogP contribution in [0.15, 0.2) is 40.8 Å². The van der Waals surface area contributed by atoms with Gasteiger partial charge in [0.1, 0.15) is 5.76 Å². The third-order valence-electron chi connectivity index (χ3n) is 3.68. The van der Waals surface area contributed by atoms with E-state index in [0.29, 0.717) is 17.9 Å². The van der Waals surface area contributed by atoms with E-state index in [1.165, 1.54) is 13.1 Å². The van der Waals surface area contributed by atoms with Gasteiger partial charge in [0, 0.05) is 25.6 Å². The zero-order chi connectivity index (χ0) is 16.8. The van der Waals surface area contributed by atoms with Gasteiger partial charge >= 0.3 is 0 Å². The number of amides is 2. The molecule has 0 aliphatic carbocycles. The van der Waals surface area contributed by atoms with Gasteiger partial charge in [-0.3, -0.25) is 9.59 Å². The molecule has 23 heavy (non-hydrogen) atoms. The normalized spacial score (nSPS) is 11.8. The van der Waals surface area contributed by atoms with Crippen molar-refractivity contribution in [3.05, 3.63) is 59.0 Å². The monoisotopic (exact) mass is 314 g/mol. The van der Waals surface area contributed by atoms with Crippen LogP contribution in [-0.4, -0.2) is 25.4 Å². The molecule has 1 aromatic carbocycles. The van der Waals surface area contributed by atoms with Gasteiger partial charge in [-0.2, -0.15) is 0 Å². The van der Waals surface area contributed by atoms with E-state index in [-0.39, 0.29) is 23.5 Å². The Kier molecular flexibility index (Phi) is 5.57. The van der Waals surface area contributed by atoms with Crippen LogP contribution in [0.25, 0.3) is 0 Å². The van der Waals surface area contributed by atoms with Crippen LogP contribution in [0.1, 0.15) is 58.4 Å². The third kappa shape index (κ3) is 3.80. The minimum absolute atomic E-state index is 0.128. The zero-order valence-corrected chi connectivity index (χ0v) is 13.7. The molecule has 0 aliphatic heterocycles. The minimum atomic E-state index is -0.346. The maximum atomic E-state index is 12.4. The molecule has 2 amide bonds. The molecule has 2 rings (SSSR count). The molecule has 0 aliphatic rings. The van der Waals surface area contributed by atoms with Crippen LogP contribution in [0, 0.1) is 0 Å². The first-order valence-corrected chi connectivity index (χ1v) is 7.77. The van der Waals surface area contributed by atoms with Gasteiger partial charge in [0.05, 0.1) is 5.56 Å². The predicted octanol–water partition coefficient (Wildman–Crippen LogP) is 2.93. The van der Waals surface area contributed by atoms with Crippen LogP contribution >= 0.6 is 0 Å². The minimum Gasteiger partial charge on any atom is -0.454 e. The summed E-state index contributed by atoms with van der Waals surface area (Å²) < 4.78 is 5.71. The number of carbonyl (C=O) groups excluding carboxylic acids is 2. The van der Waals surface area contributed by atoms with Gasteiger partial charge in [-0.25, -0.2) is 0 Å². The largest absolute Gasteiger partial charge is 0.454 e. The molecule has 1 atom stereocenters. The standard InChI is InChI=1S/C18H22N2O3/c1-4-10-20-17(21)14-11-15(18(22)19-3)23-16(14)12(2)13-8-6-5-7-9-13/h5-9,11-12H,4,10H2,1-3H3,(H,19,22)(H,20,21). The fraction of sp³-hybridized carbons (Fsp3) is 0.333. The molecule has 0 saturated carbocycles. The van der Waals surface area contributed by atoms with E-state index in [9.17, 15) is 9.59 Å². The summed E-state index contributed by atoms with van der Waals surface area (Å²) in [7, 11) is 1.53. The Balaban J connectivity index is 2.41. The van der Waals surface area contributed by atoms with Crippen molar-refractivity contribution in [1.29, 1.82) is 0 Å². The van der Waals surface area contributed by atoms with Gasteiger partial charge < -0.3 is 15.1 Å². The average Bonchev–Trinajstić information content (AvgIpc) is 3.04. The number of carbonyl (C=O) groups is 2. The fourth-order valence-electron chi connectivity index (χ4n) is 2.37.